The van der Waals surface area contributed by atoms with Gasteiger partial charge in [0.1, 0.15) is 23.3 Å². The number of carbonyl (C=O) groups excluding carboxylic acids is 1. The minimum absolute atomic E-state index is 0.0843. The molecular formula is C18H19IN6O. The molecule has 0 aliphatic heterocycles. The molecule has 3 rings (SSSR count). The first-order valence-electron chi connectivity index (χ1n) is 8.16. The van der Waals surface area contributed by atoms with E-state index in [-0.39, 0.29) is 5.91 Å². The lowest BCUT2D eigenvalue weighted by atomic mass is 10.2. The molecule has 2 heterocycles. The number of imidazole rings is 1. The van der Waals surface area contributed by atoms with E-state index in [4.69, 9.17) is 0 Å². The fourth-order valence-corrected chi connectivity index (χ4v) is 3.03. The van der Waals surface area contributed by atoms with Gasteiger partial charge in [-0.25, -0.2) is 15.0 Å². The summed E-state index contributed by atoms with van der Waals surface area (Å²) in [5.74, 6) is 2.92. The standard InChI is InChI=1S/C18H19IN6O/c1-12-23-16(11-17(24-12)25-9-8-20-13(25)2)21-6-7-22-18(26)14-4-3-5-15(19)10-14/h3-5,8-11H,6-7H2,1-2H3,(H,22,26)(H,21,23,24). The van der Waals surface area contributed by atoms with Crippen molar-refractivity contribution < 1.29 is 4.79 Å². The number of aryl methyl sites for hydroxylation is 2. The van der Waals surface area contributed by atoms with Crippen LogP contribution in [0.5, 0.6) is 0 Å². The Kier molecular flexibility index (Phi) is 5.82. The van der Waals surface area contributed by atoms with Gasteiger partial charge in [-0.15, -0.1) is 0 Å². The van der Waals surface area contributed by atoms with Gasteiger partial charge < -0.3 is 10.6 Å². The first kappa shape index (κ1) is 18.3. The molecule has 0 saturated heterocycles. The van der Waals surface area contributed by atoms with E-state index >= 15 is 0 Å². The number of benzene rings is 1. The third kappa shape index (κ3) is 4.57. The van der Waals surface area contributed by atoms with Crippen LogP contribution in [-0.2, 0) is 0 Å². The molecule has 134 valence electrons. The molecule has 0 spiro atoms. The van der Waals surface area contributed by atoms with Crippen molar-refractivity contribution in [1.29, 1.82) is 0 Å². The van der Waals surface area contributed by atoms with Gasteiger partial charge in [-0.3, -0.25) is 9.36 Å². The van der Waals surface area contributed by atoms with Crippen molar-refractivity contribution in [2.24, 2.45) is 0 Å². The third-order valence-corrected chi connectivity index (χ3v) is 4.37. The fraction of sp³-hybridized carbons (Fsp3) is 0.222. The summed E-state index contributed by atoms with van der Waals surface area (Å²) in [7, 11) is 0. The summed E-state index contributed by atoms with van der Waals surface area (Å²) >= 11 is 2.19. The molecule has 0 aliphatic carbocycles. The number of nitrogens with one attached hydrogen (secondary N) is 2. The van der Waals surface area contributed by atoms with E-state index in [9.17, 15) is 4.79 Å². The van der Waals surface area contributed by atoms with Crippen molar-refractivity contribution in [3.05, 3.63) is 63.5 Å². The number of hydrogen-bond donors (Lipinski definition) is 2. The summed E-state index contributed by atoms with van der Waals surface area (Å²) in [6, 6.07) is 9.35. The van der Waals surface area contributed by atoms with Crippen LogP contribution in [0.2, 0.25) is 0 Å². The van der Waals surface area contributed by atoms with Crippen molar-refractivity contribution in [3.8, 4) is 5.82 Å². The van der Waals surface area contributed by atoms with Crippen molar-refractivity contribution in [2.45, 2.75) is 13.8 Å². The number of halogens is 1. The summed E-state index contributed by atoms with van der Waals surface area (Å²) in [6.45, 7) is 4.83. The van der Waals surface area contributed by atoms with E-state index in [0.29, 0.717) is 30.3 Å². The fourth-order valence-electron chi connectivity index (χ4n) is 2.48. The molecule has 0 radical (unpaired) electrons. The first-order valence-corrected chi connectivity index (χ1v) is 9.24. The second-order valence-corrected chi connectivity index (χ2v) is 6.94. The van der Waals surface area contributed by atoms with Gasteiger partial charge in [0.25, 0.3) is 5.91 Å². The van der Waals surface area contributed by atoms with E-state index in [1.54, 1.807) is 12.3 Å². The maximum absolute atomic E-state index is 12.1. The minimum Gasteiger partial charge on any atom is -0.368 e. The smallest absolute Gasteiger partial charge is 0.251 e. The van der Waals surface area contributed by atoms with E-state index in [1.165, 1.54) is 0 Å². The SMILES string of the molecule is Cc1nc(NCCNC(=O)c2cccc(I)c2)cc(-n2ccnc2C)n1. The normalized spacial score (nSPS) is 10.6. The zero-order chi connectivity index (χ0) is 18.5. The highest BCUT2D eigenvalue weighted by atomic mass is 127. The van der Waals surface area contributed by atoms with E-state index < -0.39 is 0 Å². The molecule has 1 aromatic carbocycles. The van der Waals surface area contributed by atoms with E-state index in [1.807, 2.05) is 48.9 Å². The molecule has 0 atom stereocenters. The molecule has 2 aromatic heterocycles. The monoisotopic (exact) mass is 462 g/mol. The molecule has 0 saturated carbocycles. The average Bonchev–Trinajstić information content (AvgIpc) is 3.04. The van der Waals surface area contributed by atoms with Gasteiger partial charge in [0.2, 0.25) is 0 Å². The highest BCUT2D eigenvalue weighted by Gasteiger charge is 2.07. The lowest BCUT2D eigenvalue weighted by molar-refractivity contribution is 0.0955. The van der Waals surface area contributed by atoms with Crippen LogP contribution in [0.4, 0.5) is 5.82 Å². The Morgan fingerprint density at radius 2 is 2.04 bits per heavy atom. The quantitative estimate of drug-likeness (QED) is 0.435. The lowest BCUT2D eigenvalue weighted by Crippen LogP contribution is -2.29. The maximum atomic E-state index is 12.1. The Hall–Kier alpha value is -2.49. The molecule has 7 nitrogen and oxygen atoms in total. The Bertz CT molecular complexity index is 924. The summed E-state index contributed by atoms with van der Waals surface area (Å²) in [5, 5.41) is 6.12. The number of rotatable bonds is 6. The maximum Gasteiger partial charge on any atom is 0.251 e. The number of hydrogen-bond acceptors (Lipinski definition) is 5. The molecule has 0 bridgehead atoms. The molecule has 0 fully saturated rings. The van der Waals surface area contributed by atoms with Gasteiger partial charge in [0, 0.05) is 40.7 Å². The van der Waals surface area contributed by atoms with Gasteiger partial charge in [-0.2, -0.15) is 0 Å². The van der Waals surface area contributed by atoms with Gasteiger partial charge in [0.05, 0.1) is 0 Å². The molecule has 8 heteroatoms. The van der Waals surface area contributed by atoms with Gasteiger partial charge in [-0.1, -0.05) is 6.07 Å². The van der Waals surface area contributed by atoms with Crippen LogP contribution in [0.15, 0.2) is 42.7 Å². The van der Waals surface area contributed by atoms with Crippen molar-refractivity contribution in [3.63, 3.8) is 0 Å². The van der Waals surface area contributed by atoms with Crippen LogP contribution < -0.4 is 10.6 Å². The topological polar surface area (TPSA) is 84.7 Å². The first-order chi connectivity index (χ1) is 12.5. The molecule has 26 heavy (non-hydrogen) atoms. The summed E-state index contributed by atoms with van der Waals surface area (Å²) in [5.41, 5.74) is 0.660. The number of carbonyl (C=O) groups is 1. The van der Waals surface area contributed by atoms with Crippen LogP contribution in [0.3, 0.4) is 0 Å². The predicted molar refractivity (Wildman–Crippen MR) is 109 cm³/mol. The molecular weight excluding hydrogens is 443 g/mol. The Morgan fingerprint density at radius 1 is 1.19 bits per heavy atom. The van der Waals surface area contributed by atoms with Gasteiger partial charge >= 0.3 is 0 Å². The van der Waals surface area contributed by atoms with Crippen molar-refractivity contribution in [1.82, 2.24) is 24.8 Å². The Morgan fingerprint density at radius 3 is 2.77 bits per heavy atom. The Labute approximate surface area is 165 Å². The zero-order valence-corrected chi connectivity index (χ0v) is 16.7. The molecule has 1 amide bonds. The minimum atomic E-state index is -0.0843. The predicted octanol–water partition coefficient (Wildman–Crippen LogP) is 2.73. The lowest BCUT2D eigenvalue weighted by Gasteiger charge is -2.10. The average molecular weight is 462 g/mol. The highest BCUT2D eigenvalue weighted by Crippen LogP contribution is 2.12. The molecule has 0 unspecified atom stereocenters. The number of amides is 1. The van der Waals surface area contributed by atoms with E-state index in [2.05, 4.69) is 48.2 Å². The third-order valence-electron chi connectivity index (χ3n) is 3.70. The number of aromatic nitrogens is 4. The molecule has 0 aliphatic rings. The van der Waals surface area contributed by atoms with Gasteiger partial charge in [-0.05, 0) is 54.6 Å². The molecule has 2 N–H and O–H groups in total. The van der Waals surface area contributed by atoms with Crippen molar-refractivity contribution >= 4 is 34.3 Å². The van der Waals surface area contributed by atoms with Crippen LogP contribution in [-0.4, -0.2) is 38.5 Å². The number of anilines is 1. The Balaban J connectivity index is 1.58. The number of nitrogens with zero attached hydrogens (tertiary/aromatic N) is 4. The van der Waals surface area contributed by atoms with E-state index in [0.717, 1.165) is 15.2 Å². The van der Waals surface area contributed by atoms with Crippen LogP contribution in [0.1, 0.15) is 22.0 Å². The largest absolute Gasteiger partial charge is 0.368 e. The second kappa shape index (κ2) is 8.26. The van der Waals surface area contributed by atoms with Gasteiger partial charge in [0.15, 0.2) is 0 Å². The van der Waals surface area contributed by atoms with Crippen LogP contribution >= 0.6 is 22.6 Å². The second-order valence-electron chi connectivity index (χ2n) is 5.70. The van der Waals surface area contributed by atoms with Crippen LogP contribution in [0, 0.1) is 17.4 Å². The highest BCUT2D eigenvalue weighted by molar-refractivity contribution is 14.1. The zero-order valence-electron chi connectivity index (χ0n) is 14.5. The summed E-state index contributed by atoms with van der Waals surface area (Å²) in [4.78, 5) is 25.2. The summed E-state index contributed by atoms with van der Waals surface area (Å²) in [6.07, 6.45) is 3.60. The van der Waals surface area contributed by atoms with Crippen LogP contribution in [0.25, 0.3) is 5.82 Å². The van der Waals surface area contributed by atoms with Crippen molar-refractivity contribution in [2.75, 3.05) is 18.4 Å². The molecule has 3 aromatic rings. The summed E-state index contributed by atoms with van der Waals surface area (Å²) < 4.78 is 2.94.